The molecule has 0 bridgehead atoms. The SMILES string of the molecule is NC(=O)C(=O)C(Cc1ccccc1)Cc1cc2c(s1)C(=O)N(C1CCC(=O)NC1=O)C2. The van der Waals surface area contributed by atoms with E-state index in [1.165, 1.54) is 16.2 Å². The van der Waals surface area contributed by atoms with E-state index < -0.39 is 29.6 Å². The molecule has 2 aliphatic rings. The zero-order chi connectivity index (χ0) is 22.1. The average Bonchev–Trinajstić information content (AvgIpc) is 3.26. The summed E-state index contributed by atoms with van der Waals surface area (Å²) in [6.45, 7) is 0.282. The summed E-state index contributed by atoms with van der Waals surface area (Å²) in [5.41, 5.74) is 6.97. The number of nitrogens with one attached hydrogen (secondary N) is 1. The van der Waals surface area contributed by atoms with E-state index in [0.717, 1.165) is 16.0 Å². The van der Waals surface area contributed by atoms with Gasteiger partial charge in [0.1, 0.15) is 6.04 Å². The van der Waals surface area contributed by atoms with Gasteiger partial charge >= 0.3 is 0 Å². The predicted octanol–water partition coefficient (Wildman–Crippen LogP) is 0.965. The molecular weight excluding hydrogens is 418 g/mol. The van der Waals surface area contributed by atoms with Crippen LogP contribution in [-0.4, -0.2) is 40.4 Å². The van der Waals surface area contributed by atoms with Gasteiger partial charge < -0.3 is 10.6 Å². The Morgan fingerprint density at radius 1 is 1.16 bits per heavy atom. The second-order valence-electron chi connectivity index (χ2n) is 7.79. The summed E-state index contributed by atoms with van der Waals surface area (Å²) in [5, 5.41) is 2.28. The Labute approximate surface area is 182 Å². The number of amides is 4. The Hall–Kier alpha value is -3.33. The minimum absolute atomic E-state index is 0.204. The van der Waals surface area contributed by atoms with E-state index in [1.54, 1.807) is 0 Å². The van der Waals surface area contributed by atoms with Gasteiger partial charge in [-0.05, 0) is 36.5 Å². The predicted molar refractivity (Wildman–Crippen MR) is 112 cm³/mol. The molecule has 8 nitrogen and oxygen atoms in total. The highest BCUT2D eigenvalue weighted by molar-refractivity contribution is 7.14. The molecule has 1 aromatic carbocycles. The van der Waals surface area contributed by atoms with Gasteiger partial charge in [0.25, 0.3) is 11.8 Å². The van der Waals surface area contributed by atoms with Gasteiger partial charge in [-0.15, -0.1) is 11.3 Å². The van der Waals surface area contributed by atoms with Crippen molar-refractivity contribution in [3.63, 3.8) is 0 Å². The van der Waals surface area contributed by atoms with Gasteiger partial charge in [-0.1, -0.05) is 30.3 Å². The number of piperidine rings is 1. The Balaban J connectivity index is 1.50. The van der Waals surface area contributed by atoms with E-state index in [2.05, 4.69) is 5.32 Å². The van der Waals surface area contributed by atoms with Gasteiger partial charge in [0.15, 0.2) is 0 Å². The maximum Gasteiger partial charge on any atom is 0.285 e. The van der Waals surface area contributed by atoms with E-state index in [-0.39, 0.29) is 24.8 Å². The standard InChI is InChI=1S/C22H21N3O5S/c23-20(28)18(27)13(8-12-4-2-1-3-5-12)9-15-10-14-11-25(22(30)19(14)31-15)16-6-7-17(26)24-21(16)29/h1-5,10,13,16H,6-9,11H2,(H2,23,28)(H,24,26,29). The molecule has 9 heteroatoms. The van der Waals surface area contributed by atoms with E-state index in [0.29, 0.717) is 24.1 Å². The van der Waals surface area contributed by atoms with Crippen LogP contribution >= 0.6 is 11.3 Å². The molecule has 2 aliphatic heterocycles. The van der Waals surface area contributed by atoms with Crippen LogP contribution in [0.4, 0.5) is 0 Å². The first kappa shape index (κ1) is 20.9. The quantitative estimate of drug-likeness (QED) is 0.491. The number of imide groups is 1. The lowest BCUT2D eigenvalue weighted by molar-refractivity contribution is -0.138. The third kappa shape index (κ3) is 4.27. The summed E-state index contributed by atoms with van der Waals surface area (Å²) >= 11 is 1.27. The number of primary amides is 1. The number of hydrogen-bond donors (Lipinski definition) is 2. The van der Waals surface area contributed by atoms with Crippen molar-refractivity contribution in [1.29, 1.82) is 0 Å². The smallest absolute Gasteiger partial charge is 0.285 e. The molecular formula is C22H21N3O5S. The lowest BCUT2D eigenvalue weighted by Crippen LogP contribution is -2.52. The molecule has 160 valence electrons. The Morgan fingerprint density at radius 2 is 1.90 bits per heavy atom. The molecule has 2 atom stereocenters. The fraction of sp³-hybridized carbons (Fsp3) is 0.318. The molecule has 0 aliphatic carbocycles. The normalized spacial score (nSPS) is 19.2. The molecule has 4 amide bonds. The molecule has 31 heavy (non-hydrogen) atoms. The summed E-state index contributed by atoms with van der Waals surface area (Å²) < 4.78 is 0. The van der Waals surface area contributed by atoms with Crippen LogP contribution in [-0.2, 0) is 38.6 Å². The number of fused-ring (bicyclic) bond motifs is 1. The minimum Gasteiger partial charge on any atom is -0.363 e. The number of nitrogens with zero attached hydrogens (tertiary/aromatic N) is 1. The van der Waals surface area contributed by atoms with Crippen LogP contribution < -0.4 is 11.1 Å². The molecule has 3 N–H and O–H groups in total. The van der Waals surface area contributed by atoms with Crippen LogP contribution in [0.1, 0.15) is 38.5 Å². The van der Waals surface area contributed by atoms with Crippen LogP contribution in [0.2, 0.25) is 0 Å². The monoisotopic (exact) mass is 439 g/mol. The molecule has 3 heterocycles. The first-order valence-electron chi connectivity index (χ1n) is 9.97. The third-order valence-corrected chi connectivity index (χ3v) is 6.82. The van der Waals surface area contributed by atoms with E-state index in [9.17, 15) is 24.0 Å². The van der Waals surface area contributed by atoms with Gasteiger partial charge in [-0.2, -0.15) is 0 Å². The van der Waals surface area contributed by atoms with Crippen molar-refractivity contribution < 1.29 is 24.0 Å². The van der Waals surface area contributed by atoms with E-state index >= 15 is 0 Å². The Bertz CT molecular complexity index is 1080. The van der Waals surface area contributed by atoms with Gasteiger partial charge in [-0.25, -0.2) is 0 Å². The molecule has 0 radical (unpaired) electrons. The first-order valence-corrected chi connectivity index (χ1v) is 10.8. The molecule has 4 rings (SSSR count). The minimum atomic E-state index is -0.967. The number of Topliss-reactive ketones (excluding diaryl/α,β-unsaturated/α-hetero) is 1. The summed E-state index contributed by atoms with van der Waals surface area (Å²) in [6, 6.07) is 10.6. The highest BCUT2D eigenvalue weighted by Crippen LogP contribution is 2.35. The molecule has 1 fully saturated rings. The van der Waals surface area contributed by atoms with Gasteiger partial charge in [-0.3, -0.25) is 29.3 Å². The van der Waals surface area contributed by atoms with Gasteiger partial charge in [0.05, 0.1) is 4.88 Å². The summed E-state index contributed by atoms with van der Waals surface area (Å²) in [5.74, 6) is -3.23. The topological polar surface area (TPSA) is 127 Å². The zero-order valence-electron chi connectivity index (χ0n) is 16.6. The maximum absolute atomic E-state index is 12.9. The zero-order valence-corrected chi connectivity index (χ0v) is 17.4. The number of ketones is 1. The molecule has 2 unspecified atom stereocenters. The van der Waals surface area contributed by atoms with Crippen molar-refractivity contribution in [1.82, 2.24) is 10.2 Å². The fourth-order valence-corrected chi connectivity index (χ4v) is 5.31. The van der Waals surface area contributed by atoms with Crippen molar-refractivity contribution >= 4 is 40.7 Å². The van der Waals surface area contributed by atoms with Crippen molar-refractivity contribution in [3.05, 3.63) is 57.3 Å². The lowest BCUT2D eigenvalue weighted by atomic mass is 9.91. The van der Waals surface area contributed by atoms with Gasteiger partial charge in [0, 0.05) is 23.8 Å². The van der Waals surface area contributed by atoms with Crippen LogP contribution in [0, 0.1) is 5.92 Å². The second kappa shape index (κ2) is 8.43. The van der Waals surface area contributed by atoms with Crippen LogP contribution in [0.25, 0.3) is 0 Å². The van der Waals surface area contributed by atoms with Crippen LogP contribution in [0.5, 0.6) is 0 Å². The largest absolute Gasteiger partial charge is 0.363 e. The molecule has 1 saturated heterocycles. The van der Waals surface area contributed by atoms with Crippen molar-refractivity contribution in [2.45, 2.75) is 38.3 Å². The average molecular weight is 439 g/mol. The number of nitrogens with two attached hydrogens (primary N) is 1. The Morgan fingerprint density at radius 3 is 2.55 bits per heavy atom. The van der Waals surface area contributed by atoms with Crippen LogP contribution in [0.3, 0.4) is 0 Å². The highest BCUT2D eigenvalue weighted by atomic mass is 32.1. The van der Waals surface area contributed by atoms with Crippen LogP contribution in [0.15, 0.2) is 36.4 Å². The fourth-order valence-electron chi connectivity index (χ4n) is 4.10. The number of hydrogen-bond acceptors (Lipinski definition) is 6. The molecule has 0 saturated carbocycles. The van der Waals surface area contributed by atoms with Crippen molar-refractivity contribution in [2.24, 2.45) is 11.7 Å². The van der Waals surface area contributed by atoms with Gasteiger partial charge in [0.2, 0.25) is 17.6 Å². The van der Waals surface area contributed by atoms with Crippen molar-refractivity contribution in [2.75, 3.05) is 0 Å². The maximum atomic E-state index is 12.9. The molecule has 2 aromatic rings. The third-order valence-electron chi connectivity index (χ3n) is 5.63. The van der Waals surface area contributed by atoms with E-state index in [4.69, 9.17) is 5.73 Å². The number of rotatable bonds is 7. The number of thiophene rings is 1. The summed E-state index contributed by atoms with van der Waals surface area (Å²) in [4.78, 5) is 63.2. The van der Waals surface area contributed by atoms with E-state index in [1.807, 2.05) is 36.4 Å². The van der Waals surface area contributed by atoms with Crippen molar-refractivity contribution in [3.8, 4) is 0 Å². The molecule has 1 aromatic heterocycles. The first-order chi connectivity index (χ1) is 14.8. The molecule has 0 spiro atoms. The lowest BCUT2D eigenvalue weighted by Gasteiger charge is -2.29. The number of benzene rings is 1. The number of carbonyl (C=O) groups is 5. The summed E-state index contributed by atoms with van der Waals surface area (Å²) in [6.07, 6.45) is 1.20. The summed E-state index contributed by atoms with van der Waals surface area (Å²) in [7, 11) is 0. The highest BCUT2D eigenvalue weighted by Gasteiger charge is 2.40. The Kier molecular flexibility index (Phi) is 5.69. The second-order valence-corrected chi connectivity index (χ2v) is 8.92. The number of carbonyl (C=O) groups excluding carboxylic acids is 5.